The number of alkyl halides is 3. The predicted octanol–water partition coefficient (Wildman–Crippen LogP) is 8.40. The second-order valence-corrected chi connectivity index (χ2v) is 8.38. The van der Waals surface area contributed by atoms with Gasteiger partial charge in [0.15, 0.2) is 0 Å². The summed E-state index contributed by atoms with van der Waals surface area (Å²) in [6.07, 6.45) is -4.89. The first-order valence-corrected chi connectivity index (χ1v) is 10.6. The number of amides is 1. The third kappa shape index (κ3) is 7.28. The first-order valence-electron chi connectivity index (χ1n) is 8.72. The minimum Gasteiger partial charge on any atom is -0.399 e. The maximum Gasteiger partial charge on any atom is 0.416 e. The molecule has 14 heteroatoms. The first-order chi connectivity index (χ1) is 15.7. The molecule has 180 valence electrons. The van der Waals surface area contributed by atoms with Crippen molar-refractivity contribution in [2.45, 2.75) is 6.18 Å². The highest BCUT2D eigenvalue weighted by molar-refractivity contribution is 6.42. The van der Waals surface area contributed by atoms with Crippen LogP contribution < -0.4 is 11.1 Å². The number of rotatable bonds is 3. The maximum atomic E-state index is 12.9. The quantitative estimate of drug-likeness (QED) is 0.186. The number of benzene rings is 3. The fourth-order valence-corrected chi connectivity index (χ4v) is 3.22. The number of nitro benzene ring substituents is 1. The Hall–Kier alpha value is -2.43. The third-order valence-corrected chi connectivity index (χ3v) is 5.82. The second-order valence-electron chi connectivity index (χ2n) is 6.37. The molecule has 3 aromatic carbocycles. The fourth-order valence-electron chi connectivity index (χ4n) is 2.36. The fraction of sp³-hybridized carbons (Fsp3) is 0.0500. The zero-order valence-electron chi connectivity index (χ0n) is 16.4. The molecule has 1 amide bonds. The van der Waals surface area contributed by atoms with Crippen LogP contribution in [0.2, 0.25) is 25.1 Å². The van der Waals surface area contributed by atoms with E-state index in [1.807, 2.05) is 0 Å². The lowest BCUT2D eigenvalue weighted by Gasteiger charge is -2.12. The summed E-state index contributed by atoms with van der Waals surface area (Å²) in [5.41, 5.74) is 3.03. The summed E-state index contributed by atoms with van der Waals surface area (Å²) in [6.45, 7) is 0. The van der Waals surface area contributed by atoms with E-state index in [1.165, 1.54) is 18.2 Å². The first kappa shape index (κ1) is 27.8. The molecule has 0 aliphatic heterocycles. The van der Waals surface area contributed by atoms with Crippen molar-refractivity contribution < 1.29 is 22.9 Å². The van der Waals surface area contributed by atoms with Crippen LogP contribution in [0.4, 0.5) is 30.2 Å². The van der Waals surface area contributed by atoms with E-state index in [0.29, 0.717) is 21.8 Å². The summed E-state index contributed by atoms with van der Waals surface area (Å²) in [5, 5.41) is 13.8. The van der Waals surface area contributed by atoms with Gasteiger partial charge in [-0.3, -0.25) is 14.9 Å². The number of nitro groups is 1. The van der Waals surface area contributed by atoms with Crippen molar-refractivity contribution in [2.75, 3.05) is 11.1 Å². The van der Waals surface area contributed by atoms with Crippen LogP contribution in [0.15, 0.2) is 48.5 Å². The third-order valence-electron chi connectivity index (χ3n) is 3.94. The number of hydrogen-bond donors (Lipinski definition) is 2. The summed E-state index contributed by atoms with van der Waals surface area (Å²) in [6, 6.07) is 9.65. The van der Waals surface area contributed by atoms with Crippen LogP contribution in [0.1, 0.15) is 15.9 Å². The van der Waals surface area contributed by atoms with Crippen LogP contribution in [0.3, 0.4) is 0 Å². The van der Waals surface area contributed by atoms with Gasteiger partial charge in [0.05, 0.1) is 36.1 Å². The van der Waals surface area contributed by atoms with Gasteiger partial charge < -0.3 is 11.1 Å². The van der Waals surface area contributed by atoms with Crippen molar-refractivity contribution in [3.8, 4) is 0 Å². The Labute approximate surface area is 215 Å². The van der Waals surface area contributed by atoms with Gasteiger partial charge in [-0.2, -0.15) is 13.2 Å². The maximum absolute atomic E-state index is 12.9. The molecular weight excluding hydrogens is 564 g/mol. The van der Waals surface area contributed by atoms with Crippen LogP contribution >= 0.6 is 58.0 Å². The highest BCUT2D eigenvalue weighted by Crippen LogP contribution is 2.37. The summed E-state index contributed by atoms with van der Waals surface area (Å²) < 4.78 is 38.7. The Bertz CT molecular complexity index is 1260. The van der Waals surface area contributed by atoms with Crippen LogP contribution in [0.25, 0.3) is 0 Å². The topological polar surface area (TPSA) is 98.3 Å². The van der Waals surface area contributed by atoms with Crippen LogP contribution in [-0.4, -0.2) is 10.8 Å². The van der Waals surface area contributed by atoms with Gasteiger partial charge in [0, 0.05) is 17.4 Å². The number of nitrogens with two attached hydrogens (primary N) is 1. The van der Waals surface area contributed by atoms with Gasteiger partial charge in [-0.05, 0) is 42.5 Å². The number of halogens is 8. The van der Waals surface area contributed by atoms with Crippen LogP contribution in [0.5, 0.6) is 0 Å². The molecule has 34 heavy (non-hydrogen) atoms. The lowest BCUT2D eigenvalue weighted by molar-refractivity contribution is -0.385. The predicted molar refractivity (Wildman–Crippen MR) is 128 cm³/mol. The average molecular weight is 576 g/mol. The lowest BCUT2D eigenvalue weighted by atomic mass is 10.1. The summed E-state index contributed by atoms with van der Waals surface area (Å²) >= 11 is 28.4. The average Bonchev–Trinajstić information content (AvgIpc) is 2.73. The zero-order chi connectivity index (χ0) is 25.8. The highest BCUT2D eigenvalue weighted by Gasteiger charge is 2.35. The van der Waals surface area contributed by atoms with Crippen LogP contribution in [0, 0.1) is 10.1 Å². The van der Waals surface area contributed by atoms with E-state index >= 15 is 0 Å². The minimum atomic E-state index is -4.89. The Kier molecular flexibility index (Phi) is 9.27. The molecule has 0 bridgehead atoms. The van der Waals surface area contributed by atoms with E-state index in [1.54, 1.807) is 18.2 Å². The normalized spacial score (nSPS) is 10.8. The molecule has 3 rings (SSSR count). The molecule has 0 aliphatic rings. The summed E-state index contributed by atoms with van der Waals surface area (Å²) in [5.74, 6) is -1.07. The molecule has 0 spiro atoms. The highest BCUT2D eigenvalue weighted by atomic mass is 35.5. The minimum absolute atomic E-state index is 0.0978. The smallest absolute Gasteiger partial charge is 0.399 e. The molecule has 3 N–H and O–H groups in total. The van der Waals surface area contributed by atoms with E-state index in [2.05, 4.69) is 5.32 Å². The van der Waals surface area contributed by atoms with Crippen molar-refractivity contribution in [1.82, 2.24) is 0 Å². The van der Waals surface area contributed by atoms with E-state index in [-0.39, 0.29) is 21.8 Å². The number of carbonyl (C=O) groups is 1. The molecule has 6 nitrogen and oxygen atoms in total. The molecule has 0 radical (unpaired) electrons. The number of hydrogen-bond acceptors (Lipinski definition) is 4. The van der Waals surface area contributed by atoms with E-state index < -0.39 is 38.8 Å². The number of nitrogens with one attached hydrogen (secondary N) is 1. The second kappa shape index (κ2) is 11.3. The van der Waals surface area contributed by atoms with Gasteiger partial charge in [-0.1, -0.05) is 58.0 Å². The summed E-state index contributed by atoms with van der Waals surface area (Å²) in [4.78, 5) is 22.0. The van der Waals surface area contributed by atoms with Crippen molar-refractivity contribution in [1.29, 1.82) is 0 Å². The van der Waals surface area contributed by atoms with Crippen molar-refractivity contribution in [2.24, 2.45) is 0 Å². The Morgan fingerprint density at radius 3 is 1.91 bits per heavy atom. The number of anilines is 2. The molecule has 0 saturated carbocycles. The monoisotopic (exact) mass is 573 g/mol. The molecule has 3 aromatic rings. The SMILES string of the molecule is Nc1ccc(Cl)c(Cl)c1.O=C(Nc1ccc(Cl)c(Cl)c1)c1cc(C(F)(F)F)cc([N+](=O)[O-])c1Cl. The van der Waals surface area contributed by atoms with Gasteiger partial charge >= 0.3 is 6.18 Å². The van der Waals surface area contributed by atoms with Gasteiger partial charge in [-0.15, -0.1) is 0 Å². The summed E-state index contributed by atoms with van der Waals surface area (Å²) in [7, 11) is 0. The lowest BCUT2D eigenvalue weighted by Crippen LogP contribution is -2.15. The van der Waals surface area contributed by atoms with Crippen LogP contribution in [-0.2, 0) is 6.18 Å². The Balaban J connectivity index is 0.000000379. The van der Waals surface area contributed by atoms with Crippen molar-refractivity contribution in [3.05, 3.63) is 94.9 Å². The van der Waals surface area contributed by atoms with Crippen molar-refractivity contribution in [3.63, 3.8) is 0 Å². The number of nitrogen functional groups attached to an aromatic ring is 1. The largest absolute Gasteiger partial charge is 0.416 e. The Morgan fingerprint density at radius 1 is 0.882 bits per heavy atom. The van der Waals surface area contributed by atoms with E-state index in [9.17, 15) is 28.1 Å². The molecule has 0 unspecified atom stereocenters. The van der Waals surface area contributed by atoms with E-state index in [0.717, 1.165) is 0 Å². The molecule has 0 saturated heterocycles. The molecule has 0 heterocycles. The van der Waals surface area contributed by atoms with Gasteiger partial charge in [0.1, 0.15) is 5.02 Å². The van der Waals surface area contributed by atoms with Gasteiger partial charge in [0.2, 0.25) is 0 Å². The standard InChI is InChI=1S/C14H6Cl3F3N2O3.C6H5Cl2N/c15-9-2-1-7(5-10(9)16)21-13(23)8-3-6(14(18,19)20)4-11(12(8)17)22(24)25;7-5-2-1-4(9)3-6(5)8/h1-5H,(H,21,23);1-3H,9H2. The number of carbonyl (C=O) groups excluding carboxylic acids is 1. The zero-order valence-corrected chi connectivity index (χ0v) is 20.2. The molecule has 0 fully saturated rings. The van der Waals surface area contributed by atoms with Gasteiger partial charge in [-0.25, -0.2) is 0 Å². The van der Waals surface area contributed by atoms with E-state index in [4.69, 9.17) is 63.7 Å². The molecule has 0 aliphatic carbocycles. The van der Waals surface area contributed by atoms with Crippen molar-refractivity contribution >= 4 is 81.0 Å². The number of nitrogens with zero attached hydrogens (tertiary/aromatic N) is 1. The molecule has 0 atom stereocenters. The Morgan fingerprint density at radius 2 is 1.44 bits per heavy atom. The van der Waals surface area contributed by atoms with Gasteiger partial charge in [0.25, 0.3) is 11.6 Å². The molecular formula is C20H11Cl5F3N3O3. The molecule has 0 aromatic heterocycles.